The molecule has 0 bridgehead atoms. The van der Waals surface area contributed by atoms with Crippen LogP contribution in [0.3, 0.4) is 0 Å². The van der Waals surface area contributed by atoms with E-state index in [1.165, 1.54) is 30.3 Å². The van der Waals surface area contributed by atoms with E-state index < -0.39 is 32.9 Å². The number of hydrogen-bond acceptors (Lipinski definition) is 10. The molecule has 2 aromatic carbocycles. The molecule has 232 valence electrons. The van der Waals surface area contributed by atoms with E-state index >= 15 is 0 Å². The van der Waals surface area contributed by atoms with Crippen molar-refractivity contribution in [1.82, 2.24) is 5.32 Å². The van der Waals surface area contributed by atoms with E-state index in [2.05, 4.69) is 5.32 Å². The number of esters is 2. The molecule has 2 aromatic rings. The van der Waals surface area contributed by atoms with Crippen molar-refractivity contribution < 1.29 is 36.6 Å². The van der Waals surface area contributed by atoms with Gasteiger partial charge in [0.05, 0.1) is 46.7 Å². The van der Waals surface area contributed by atoms with Gasteiger partial charge < -0.3 is 14.8 Å². The van der Waals surface area contributed by atoms with Crippen LogP contribution < -0.4 is 5.32 Å². The second-order valence-electron chi connectivity index (χ2n) is 10.3. The fourth-order valence-electron chi connectivity index (χ4n) is 4.70. The van der Waals surface area contributed by atoms with Gasteiger partial charge in [0.1, 0.15) is 0 Å². The molecular formula is C31H38N2O9S. The zero-order valence-electron chi connectivity index (χ0n) is 24.9. The van der Waals surface area contributed by atoms with Gasteiger partial charge in [0, 0.05) is 23.5 Å². The van der Waals surface area contributed by atoms with Gasteiger partial charge in [-0.25, -0.2) is 9.59 Å². The second-order valence-corrected chi connectivity index (χ2v) is 11.9. The summed E-state index contributed by atoms with van der Waals surface area (Å²) < 4.78 is 40.7. The summed E-state index contributed by atoms with van der Waals surface area (Å²) >= 11 is 0. The van der Waals surface area contributed by atoms with Crippen LogP contribution in [0.1, 0.15) is 69.9 Å². The number of nitro groups is 1. The first kappa shape index (κ1) is 33.5. The van der Waals surface area contributed by atoms with Crippen LogP contribution in [-0.2, 0) is 33.4 Å². The van der Waals surface area contributed by atoms with Crippen LogP contribution in [0.15, 0.2) is 76.0 Å². The van der Waals surface area contributed by atoms with Crippen molar-refractivity contribution in [2.24, 2.45) is 0 Å². The van der Waals surface area contributed by atoms with Crippen molar-refractivity contribution >= 4 is 27.7 Å². The zero-order valence-corrected chi connectivity index (χ0v) is 25.7. The molecule has 1 aliphatic rings. The number of allylic oxidation sites excluding steroid dienone is 2. The normalized spacial score (nSPS) is 15.2. The van der Waals surface area contributed by atoms with E-state index in [1.807, 2.05) is 13.8 Å². The van der Waals surface area contributed by atoms with E-state index in [9.17, 15) is 28.1 Å². The van der Waals surface area contributed by atoms with Crippen molar-refractivity contribution in [3.63, 3.8) is 0 Å². The van der Waals surface area contributed by atoms with Crippen LogP contribution in [-0.4, -0.2) is 45.1 Å². The number of ether oxygens (including phenoxy) is 2. The monoisotopic (exact) mass is 614 g/mol. The van der Waals surface area contributed by atoms with E-state index in [4.69, 9.17) is 13.7 Å². The maximum Gasteiger partial charge on any atom is 0.336 e. The minimum absolute atomic E-state index is 0.0429. The van der Waals surface area contributed by atoms with Crippen molar-refractivity contribution in [3.8, 4) is 0 Å². The third kappa shape index (κ3) is 8.98. The number of benzene rings is 2. The highest BCUT2D eigenvalue weighted by atomic mass is 32.2. The molecule has 0 amide bonds. The van der Waals surface area contributed by atoms with Gasteiger partial charge in [-0.3, -0.25) is 14.3 Å². The lowest BCUT2D eigenvalue weighted by atomic mass is 9.80. The maximum absolute atomic E-state index is 13.4. The summed E-state index contributed by atoms with van der Waals surface area (Å²) in [6, 6.07) is 12.3. The highest BCUT2D eigenvalue weighted by molar-refractivity contribution is 7.86. The fraction of sp³-hybridized carbons (Fsp3) is 0.419. The van der Waals surface area contributed by atoms with Gasteiger partial charge in [0.25, 0.3) is 15.8 Å². The molecule has 0 aliphatic carbocycles. The Morgan fingerprint density at radius 1 is 0.860 bits per heavy atom. The van der Waals surface area contributed by atoms with Gasteiger partial charge in [0.15, 0.2) is 0 Å². The predicted octanol–water partition coefficient (Wildman–Crippen LogP) is 5.60. The van der Waals surface area contributed by atoms with E-state index in [1.54, 1.807) is 32.0 Å². The summed E-state index contributed by atoms with van der Waals surface area (Å²) in [5.41, 5.74) is 2.49. The van der Waals surface area contributed by atoms with Crippen molar-refractivity contribution in [3.05, 3.63) is 92.3 Å². The Morgan fingerprint density at radius 3 is 2.02 bits per heavy atom. The molecule has 0 fully saturated rings. The first-order valence-corrected chi connectivity index (χ1v) is 15.6. The summed E-state index contributed by atoms with van der Waals surface area (Å²) in [6.45, 7) is 7.42. The number of dihydropyridines is 1. The van der Waals surface area contributed by atoms with Crippen LogP contribution in [0.25, 0.3) is 0 Å². The predicted molar refractivity (Wildman–Crippen MR) is 159 cm³/mol. The highest BCUT2D eigenvalue weighted by Crippen LogP contribution is 2.40. The lowest BCUT2D eigenvalue weighted by Gasteiger charge is -2.30. The summed E-state index contributed by atoms with van der Waals surface area (Å²) in [5.74, 6) is -2.19. The number of aryl methyl sites for hydroxylation is 1. The Labute approximate surface area is 252 Å². The SMILES string of the molecule is CCCOC(=O)C1=C(C)NC(C)=C(C(=O)OCCCCCCOS(=O)(=O)c2ccc(C)cc2)C1c1cccc([N+](=O)[O-])c1. The van der Waals surface area contributed by atoms with Gasteiger partial charge in [-0.05, 0) is 64.2 Å². The standard InChI is InChI=1S/C31H38N2O9S/c1-5-17-40-30(34)27-22(3)32-23(4)28(29(27)24-11-10-12-25(20-24)33(36)37)31(35)41-18-8-6-7-9-19-42-43(38,39)26-15-13-21(2)14-16-26/h10-16,20,29,32H,5-9,17-19H2,1-4H3. The Bertz CT molecular complexity index is 1500. The molecule has 11 nitrogen and oxygen atoms in total. The lowest BCUT2D eigenvalue weighted by molar-refractivity contribution is -0.384. The van der Waals surface area contributed by atoms with Crippen LogP contribution in [0, 0.1) is 17.0 Å². The molecule has 0 aromatic heterocycles. The number of hydrogen-bond donors (Lipinski definition) is 1. The van der Waals surface area contributed by atoms with Gasteiger partial charge in [-0.15, -0.1) is 0 Å². The van der Waals surface area contributed by atoms with Gasteiger partial charge in [0.2, 0.25) is 0 Å². The molecule has 1 atom stereocenters. The van der Waals surface area contributed by atoms with Crippen LogP contribution in [0.4, 0.5) is 5.69 Å². The van der Waals surface area contributed by atoms with E-state index in [0.29, 0.717) is 49.1 Å². The van der Waals surface area contributed by atoms with Gasteiger partial charge in [-0.1, -0.05) is 43.2 Å². The smallest absolute Gasteiger partial charge is 0.336 e. The lowest BCUT2D eigenvalue weighted by Crippen LogP contribution is -2.32. The molecule has 0 saturated heterocycles. The van der Waals surface area contributed by atoms with E-state index in [0.717, 1.165) is 5.56 Å². The average molecular weight is 615 g/mol. The summed E-state index contributed by atoms with van der Waals surface area (Å²) in [4.78, 5) is 37.6. The molecule has 0 saturated carbocycles. The highest BCUT2D eigenvalue weighted by Gasteiger charge is 2.38. The first-order valence-electron chi connectivity index (χ1n) is 14.2. The van der Waals surface area contributed by atoms with Gasteiger partial charge in [-0.2, -0.15) is 8.42 Å². The minimum Gasteiger partial charge on any atom is -0.462 e. The Balaban J connectivity index is 1.61. The molecule has 0 radical (unpaired) electrons. The summed E-state index contributed by atoms with van der Waals surface area (Å²) in [5, 5.41) is 14.5. The quantitative estimate of drug-likeness (QED) is 0.0882. The van der Waals surface area contributed by atoms with Gasteiger partial charge >= 0.3 is 11.9 Å². The number of carbonyl (C=O) groups excluding carboxylic acids is 2. The zero-order chi connectivity index (χ0) is 31.6. The number of non-ortho nitro benzene ring substituents is 1. The van der Waals surface area contributed by atoms with Crippen LogP contribution >= 0.6 is 0 Å². The Kier molecular flexibility index (Phi) is 12.0. The van der Waals surface area contributed by atoms with Crippen molar-refractivity contribution in [2.45, 2.75) is 70.6 Å². The Hall–Kier alpha value is -4.03. The molecule has 3 rings (SSSR count). The third-order valence-corrected chi connectivity index (χ3v) is 8.20. The number of rotatable bonds is 15. The first-order chi connectivity index (χ1) is 20.5. The van der Waals surface area contributed by atoms with Crippen LogP contribution in [0.2, 0.25) is 0 Å². The van der Waals surface area contributed by atoms with Crippen molar-refractivity contribution in [1.29, 1.82) is 0 Å². The van der Waals surface area contributed by atoms with Crippen molar-refractivity contribution in [2.75, 3.05) is 19.8 Å². The molecule has 43 heavy (non-hydrogen) atoms. The molecule has 1 heterocycles. The number of unbranched alkanes of at least 4 members (excludes halogenated alkanes) is 3. The number of nitrogens with one attached hydrogen (secondary N) is 1. The summed E-state index contributed by atoms with van der Waals surface area (Å²) in [6.07, 6.45) is 2.97. The Morgan fingerprint density at radius 2 is 1.44 bits per heavy atom. The molecule has 0 spiro atoms. The number of nitrogens with zero attached hydrogens (tertiary/aromatic N) is 1. The number of carbonyl (C=O) groups is 2. The van der Waals surface area contributed by atoms with Crippen LogP contribution in [0.5, 0.6) is 0 Å². The number of nitro benzene ring substituents is 1. The molecule has 1 unspecified atom stereocenters. The topological polar surface area (TPSA) is 151 Å². The van der Waals surface area contributed by atoms with E-state index in [-0.39, 0.29) is 41.5 Å². The average Bonchev–Trinajstić information content (AvgIpc) is 2.97. The third-order valence-electron chi connectivity index (χ3n) is 6.87. The summed E-state index contributed by atoms with van der Waals surface area (Å²) in [7, 11) is -3.81. The maximum atomic E-state index is 13.4. The molecular weight excluding hydrogens is 576 g/mol. The largest absolute Gasteiger partial charge is 0.462 e. The molecule has 1 aliphatic heterocycles. The minimum atomic E-state index is -3.81. The fourth-order valence-corrected chi connectivity index (χ4v) is 5.64. The molecule has 1 N–H and O–H groups in total. The molecule has 12 heteroatoms. The second kappa shape index (κ2) is 15.4.